The van der Waals surface area contributed by atoms with Gasteiger partial charge in [-0.1, -0.05) is 0 Å². The monoisotopic (exact) mass is 916 g/mol. The zero-order chi connectivity index (χ0) is 43.9. The molecule has 0 aliphatic carbocycles. The third-order valence-corrected chi connectivity index (χ3v) is 5.04. The van der Waals surface area contributed by atoms with Crippen LogP contribution in [0.2, 0.25) is 0 Å². The number of carboxylic acids is 1. The van der Waals surface area contributed by atoms with E-state index in [1.165, 1.54) is 0 Å². The van der Waals surface area contributed by atoms with Gasteiger partial charge in [-0.3, -0.25) is 18.9 Å². The molecule has 0 saturated heterocycles. The molecule has 0 rings (SSSR count). The van der Waals surface area contributed by atoms with Gasteiger partial charge in [0.25, 0.3) is 0 Å². The number of carbonyl (C=O) groups is 1. The van der Waals surface area contributed by atoms with Crippen LogP contribution in [0.25, 0.3) is 0 Å². The molecule has 38 heteroatoms. The van der Waals surface area contributed by atoms with Crippen LogP contribution in [0.15, 0.2) is 0 Å². The SMILES string of the molecule is O=C([O-])C(F)(F)C(F)(OC(F)(F)C(F)(OC(F)(F)C(F)(OC(F)(F)C(F)(OC(F)(F)C(F)(F)C(F)(F)F)C(F)(F)F)C(F)(F)F)C(F)(F)F)C(F)(F)F.[K+]. The molecule has 0 heterocycles. The molecule has 0 spiro atoms. The average Bonchev–Trinajstić information content (AvgIpc) is 2.83. The molecule has 0 amide bonds. The van der Waals surface area contributed by atoms with Crippen molar-refractivity contribution in [2.45, 2.75) is 90.6 Å². The molecule has 0 fully saturated rings. The number of hydrogen-bond donors (Lipinski definition) is 0. The molecule has 54 heavy (non-hydrogen) atoms. The van der Waals surface area contributed by atoms with Gasteiger partial charge in [0.2, 0.25) is 0 Å². The van der Waals surface area contributed by atoms with E-state index in [-0.39, 0.29) is 51.4 Å². The smallest absolute Gasteiger partial charge is 0.544 e. The minimum Gasteiger partial charge on any atom is -0.544 e. The number of carboxylic acid groups (broad SMARTS) is 1. The zero-order valence-corrected chi connectivity index (χ0v) is 26.3. The Kier molecular flexibility index (Phi) is 14.8. The molecule has 0 saturated carbocycles. The van der Waals surface area contributed by atoms with Crippen molar-refractivity contribution >= 4 is 5.97 Å². The Bertz CT molecular complexity index is 1330. The number of halogens is 31. The van der Waals surface area contributed by atoms with Crippen molar-refractivity contribution in [3.8, 4) is 0 Å². The van der Waals surface area contributed by atoms with Crippen molar-refractivity contribution in [3.63, 3.8) is 0 Å². The van der Waals surface area contributed by atoms with Crippen LogP contribution in [0.1, 0.15) is 0 Å². The van der Waals surface area contributed by atoms with E-state index < -0.39 is 96.5 Å². The largest absolute Gasteiger partial charge is 1.00 e. The summed E-state index contributed by atoms with van der Waals surface area (Å²) in [5, 5.41) is 10.1. The second kappa shape index (κ2) is 14.6. The van der Waals surface area contributed by atoms with Gasteiger partial charge >= 0.3 is 142 Å². The first kappa shape index (κ1) is 54.9. The van der Waals surface area contributed by atoms with Crippen LogP contribution in [0, 0.1) is 0 Å². The fraction of sp³-hybridized carbons (Fsp3) is 0.938. The van der Waals surface area contributed by atoms with Gasteiger partial charge in [0.1, 0.15) is 5.97 Å². The van der Waals surface area contributed by atoms with E-state index in [1.807, 2.05) is 0 Å². The summed E-state index contributed by atoms with van der Waals surface area (Å²) < 4.78 is 414. The third-order valence-electron chi connectivity index (χ3n) is 5.04. The van der Waals surface area contributed by atoms with Crippen molar-refractivity contribution in [1.82, 2.24) is 0 Å². The molecule has 4 atom stereocenters. The van der Waals surface area contributed by atoms with E-state index in [9.17, 15) is 146 Å². The van der Waals surface area contributed by atoms with E-state index in [1.54, 1.807) is 0 Å². The summed E-state index contributed by atoms with van der Waals surface area (Å²) in [6.45, 7) is 0. The van der Waals surface area contributed by atoms with Gasteiger partial charge in [-0.25, -0.2) is 0 Å². The predicted octanol–water partition coefficient (Wildman–Crippen LogP) is 4.92. The van der Waals surface area contributed by atoms with Crippen molar-refractivity contribution in [2.24, 2.45) is 0 Å². The van der Waals surface area contributed by atoms with Crippen molar-refractivity contribution < 1.29 is 216 Å². The Morgan fingerprint density at radius 1 is 0.315 bits per heavy atom. The minimum absolute atomic E-state index is 0. The Hall–Kier alpha value is -1.22. The Labute approximate surface area is 312 Å². The van der Waals surface area contributed by atoms with Gasteiger partial charge in [0.15, 0.2) is 0 Å². The first-order chi connectivity index (χ1) is 22.3. The molecule has 0 aromatic rings. The van der Waals surface area contributed by atoms with Crippen LogP contribution >= 0.6 is 0 Å². The van der Waals surface area contributed by atoms with Crippen molar-refractivity contribution in [3.05, 3.63) is 0 Å². The number of rotatable bonds is 14. The van der Waals surface area contributed by atoms with Crippen LogP contribution in [0.3, 0.4) is 0 Å². The van der Waals surface area contributed by atoms with E-state index in [4.69, 9.17) is 0 Å². The number of carbonyl (C=O) groups excluding carboxylic acids is 1. The quantitative estimate of drug-likeness (QED) is 0.182. The third kappa shape index (κ3) is 8.92. The molecule has 0 aromatic heterocycles. The van der Waals surface area contributed by atoms with E-state index in [2.05, 4.69) is 0 Å². The summed E-state index contributed by atoms with van der Waals surface area (Å²) >= 11 is 0. The fourth-order valence-electron chi connectivity index (χ4n) is 2.41. The molecular weight excluding hydrogens is 916 g/mol. The second-order valence-corrected chi connectivity index (χ2v) is 8.78. The molecule has 6 nitrogen and oxygen atoms in total. The standard InChI is InChI=1S/C16HF31O6.K/c17-2(18,1(48)49)4(21,9(28,29)30)50-14(42,43)6(23,11(34,35)36)52-16(46,47)7(24,12(37,38)39)53-15(44,45)5(22,10(31,32)33)51-13(40,41)3(19,20)8(25,26)27;/h(H,48,49);/q;+1/p-1. The summed E-state index contributed by atoms with van der Waals surface area (Å²) in [4.78, 5) is 10.1. The molecule has 0 aliphatic heterocycles. The minimum atomic E-state index is -9.41. The molecule has 0 aliphatic rings. The summed E-state index contributed by atoms with van der Waals surface area (Å²) in [5.74, 6) is -57.9. The molecule has 0 N–H and O–H groups in total. The molecule has 4 unspecified atom stereocenters. The molecule has 318 valence electrons. The normalized spacial score (nSPS) is 19.9. The Balaban J connectivity index is 0. The molecule has 0 bridgehead atoms. The number of alkyl halides is 31. The first-order valence-electron chi connectivity index (χ1n) is 10.6. The first-order valence-corrected chi connectivity index (χ1v) is 10.6. The van der Waals surface area contributed by atoms with Gasteiger partial charge in [0.05, 0.1) is 0 Å². The molecule has 0 aromatic carbocycles. The maximum absolute atomic E-state index is 14.4. The van der Waals surface area contributed by atoms with Crippen LogP contribution in [-0.2, 0) is 23.7 Å². The van der Waals surface area contributed by atoms with E-state index in [0.717, 1.165) is 18.9 Å². The Morgan fingerprint density at radius 2 is 0.500 bits per heavy atom. The number of hydrogen-bond acceptors (Lipinski definition) is 6. The van der Waals surface area contributed by atoms with Crippen molar-refractivity contribution in [1.29, 1.82) is 0 Å². The second-order valence-electron chi connectivity index (χ2n) is 8.78. The van der Waals surface area contributed by atoms with Gasteiger partial charge in [-0.15, -0.1) is 0 Å². The summed E-state index contributed by atoms with van der Waals surface area (Å²) in [5.41, 5.74) is 0. The van der Waals surface area contributed by atoms with Gasteiger partial charge in [0, 0.05) is 0 Å². The fourth-order valence-corrected chi connectivity index (χ4v) is 2.41. The average molecular weight is 916 g/mol. The Morgan fingerprint density at radius 3 is 0.667 bits per heavy atom. The summed E-state index contributed by atoms with van der Waals surface area (Å²) in [7, 11) is 0. The van der Waals surface area contributed by atoms with Crippen LogP contribution in [-0.4, -0.2) is 96.5 Å². The van der Waals surface area contributed by atoms with Crippen molar-refractivity contribution in [2.75, 3.05) is 0 Å². The summed E-state index contributed by atoms with van der Waals surface area (Å²) in [6, 6.07) is 0. The molecular formula is C16F31KO6. The molecule has 0 radical (unpaired) electrons. The maximum Gasteiger partial charge on any atom is 1.00 e. The van der Waals surface area contributed by atoms with Gasteiger partial charge in [-0.2, -0.15) is 136 Å². The van der Waals surface area contributed by atoms with Crippen LogP contribution in [0.4, 0.5) is 136 Å². The predicted molar refractivity (Wildman–Crippen MR) is 84.7 cm³/mol. The van der Waals surface area contributed by atoms with Crippen LogP contribution in [0.5, 0.6) is 0 Å². The van der Waals surface area contributed by atoms with Gasteiger partial charge in [-0.05, 0) is 0 Å². The zero-order valence-electron chi connectivity index (χ0n) is 23.2. The van der Waals surface area contributed by atoms with Gasteiger partial charge < -0.3 is 9.90 Å². The number of aliphatic carboxylic acids is 1. The van der Waals surface area contributed by atoms with Crippen LogP contribution < -0.4 is 56.5 Å². The summed E-state index contributed by atoms with van der Waals surface area (Å²) in [6.07, 6.45) is -79.7. The van der Waals surface area contributed by atoms with E-state index >= 15 is 0 Å². The maximum atomic E-state index is 14.4. The topological polar surface area (TPSA) is 77.1 Å². The number of ether oxygens (including phenoxy) is 4. The van der Waals surface area contributed by atoms with E-state index in [0.29, 0.717) is 0 Å².